The third-order valence-electron chi connectivity index (χ3n) is 4.76. The van der Waals surface area contributed by atoms with Crippen molar-refractivity contribution < 1.29 is 4.74 Å². The first-order valence-corrected chi connectivity index (χ1v) is 7.80. The molecule has 0 bridgehead atoms. The molecule has 0 aromatic heterocycles. The molecule has 0 radical (unpaired) electrons. The lowest BCUT2D eigenvalue weighted by molar-refractivity contribution is -0.0380. The number of nitrogens with zero attached hydrogens (tertiary/aromatic N) is 2. The van der Waals surface area contributed by atoms with Crippen molar-refractivity contribution >= 4 is 11.6 Å². The third-order valence-corrected chi connectivity index (χ3v) is 4.76. The molecule has 4 heteroatoms. The Morgan fingerprint density at radius 1 is 1.33 bits per heavy atom. The molecule has 114 valence electrons. The molecule has 0 saturated carbocycles. The highest BCUT2D eigenvalue weighted by Gasteiger charge is 2.47. The summed E-state index contributed by atoms with van der Waals surface area (Å²) in [6, 6.07) is 8.55. The van der Waals surface area contributed by atoms with Gasteiger partial charge < -0.3 is 15.4 Å². The van der Waals surface area contributed by atoms with Crippen molar-refractivity contribution in [2.45, 2.75) is 45.3 Å². The maximum Gasteiger partial charge on any atom is 0.196 e. The highest BCUT2D eigenvalue weighted by Crippen LogP contribution is 2.39. The lowest BCUT2D eigenvalue weighted by Gasteiger charge is -2.45. The summed E-state index contributed by atoms with van der Waals surface area (Å²) >= 11 is 0. The zero-order chi connectivity index (χ0) is 15.0. The lowest BCUT2D eigenvalue weighted by atomic mass is 9.82. The van der Waals surface area contributed by atoms with E-state index >= 15 is 0 Å². The number of hydrogen-bond acceptors (Lipinski definition) is 4. The van der Waals surface area contributed by atoms with Crippen LogP contribution in [-0.4, -0.2) is 30.8 Å². The molecule has 2 aliphatic heterocycles. The van der Waals surface area contributed by atoms with Crippen molar-refractivity contribution in [1.82, 2.24) is 0 Å². The standard InChI is InChI=1S/C17H25N3O/c1-12(2)15-10-17(8-9-21-15)11-19-16(18)20(17)14-6-4-13(3)5-7-14/h4-7,12,15H,8-11H2,1-3H3,(H2,18,19). The molecule has 0 amide bonds. The Bertz CT molecular complexity index is 537. The average Bonchev–Trinajstić information content (AvgIpc) is 2.77. The van der Waals surface area contributed by atoms with E-state index in [9.17, 15) is 0 Å². The molecule has 4 nitrogen and oxygen atoms in total. The molecule has 1 saturated heterocycles. The van der Waals surface area contributed by atoms with Gasteiger partial charge in [-0.3, -0.25) is 4.99 Å². The number of nitrogens with two attached hydrogens (primary N) is 1. The van der Waals surface area contributed by atoms with E-state index in [2.05, 4.69) is 54.9 Å². The molecule has 2 aliphatic rings. The first kappa shape index (κ1) is 14.4. The Labute approximate surface area is 127 Å². The molecule has 1 fully saturated rings. The number of anilines is 1. The summed E-state index contributed by atoms with van der Waals surface area (Å²) in [7, 11) is 0. The van der Waals surface area contributed by atoms with Crippen LogP contribution in [0.25, 0.3) is 0 Å². The first-order chi connectivity index (χ1) is 10.0. The highest BCUT2D eigenvalue weighted by molar-refractivity contribution is 5.98. The van der Waals surface area contributed by atoms with Gasteiger partial charge in [-0.2, -0.15) is 0 Å². The van der Waals surface area contributed by atoms with Gasteiger partial charge in [0, 0.05) is 12.3 Å². The zero-order valence-electron chi connectivity index (χ0n) is 13.2. The van der Waals surface area contributed by atoms with Crippen LogP contribution in [0.3, 0.4) is 0 Å². The second kappa shape index (κ2) is 5.34. The van der Waals surface area contributed by atoms with Crippen LogP contribution in [0.15, 0.2) is 29.3 Å². The van der Waals surface area contributed by atoms with Gasteiger partial charge in [-0.25, -0.2) is 0 Å². The molecule has 2 atom stereocenters. The number of hydrogen-bond donors (Lipinski definition) is 1. The maximum absolute atomic E-state index is 6.21. The molecule has 2 heterocycles. The summed E-state index contributed by atoms with van der Waals surface area (Å²) in [4.78, 5) is 6.79. The predicted octanol–water partition coefficient (Wildman–Crippen LogP) is 2.70. The minimum Gasteiger partial charge on any atom is -0.378 e. The van der Waals surface area contributed by atoms with Crippen LogP contribution in [0.4, 0.5) is 5.69 Å². The summed E-state index contributed by atoms with van der Waals surface area (Å²) in [6.07, 6.45) is 2.25. The minimum absolute atomic E-state index is 0.00741. The minimum atomic E-state index is -0.00741. The number of rotatable bonds is 2. The molecule has 0 aliphatic carbocycles. The van der Waals surface area contributed by atoms with Crippen LogP contribution in [0.5, 0.6) is 0 Å². The van der Waals surface area contributed by atoms with Gasteiger partial charge in [0.05, 0.1) is 18.2 Å². The number of guanidine groups is 1. The zero-order valence-corrected chi connectivity index (χ0v) is 13.2. The summed E-state index contributed by atoms with van der Waals surface area (Å²) in [5, 5.41) is 0. The second-order valence-electron chi connectivity index (χ2n) is 6.68. The van der Waals surface area contributed by atoms with E-state index in [-0.39, 0.29) is 11.6 Å². The van der Waals surface area contributed by atoms with E-state index < -0.39 is 0 Å². The number of aliphatic imine (C=N–C) groups is 1. The van der Waals surface area contributed by atoms with E-state index in [1.165, 1.54) is 5.56 Å². The Balaban J connectivity index is 1.92. The third kappa shape index (κ3) is 2.53. The molecule has 1 aromatic carbocycles. The maximum atomic E-state index is 6.21. The Kier molecular flexibility index (Phi) is 3.66. The number of aryl methyl sites for hydroxylation is 1. The molecule has 1 aromatic rings. The Morgan fingerprint density at radius 3 is 2.71 bits per heavy atom. The predicted molar refractivity (Wildman–Crippen MR) is 86.7 cm³/mol. The van der Waals surface area contributed by atoms with Crippen LogP contribution in [0.2, 0.25) is 0 Å². The van der Waals surface area contributed by atoms with Crippen LogP contribution >= 0.6 is 0 Å². The summed E-state index contributed by atoms with van der Waals surface area (Å²) in [6.45, 7) is 8.11. The number of benzene rings is 1. The molecule has 3 rings (SSSR count). The van der Waals surface area contributed by atoms with Crippen molar-refractivity contribution in [2.24, 2.45) is 16.6 Å². The van der Waals surface area contributed by atoms with E-state index in [1.807, 2.05) is 0 Å². The van der Waals surface area contributed by atoms with E-state index in [1.54, 1.807) is 0 Å². The van der Waals surface area contributed by atoms with Crippen molar-refractivity contribution in [1.29, 1.82) is 0 Å². The van der Waals surface area contributed by atoms with Gasteiger partial charge in [-0.1, -0.05) is 31.5 Å². The topological polar surface area (TPSA) is 50.8 Å². The Hall–Kier alpha value is -1.55. The van der Waals surface area contributed by atoms with Crippen LogP contribution in [-0.2, 0) is 4.74 Å². The molecular formula is C17H25N3O. The van der Waals surface area contributed by atoms with Crippen molar-refractivity contribution in [3.63, 3.8) is 0 Å². The van der Waals surface area contributed by atoms with E-state index in [0.717, 1.165) is 31.7 Å². The highest BCUT2D eigenvalue weighted by atomic mass is 16.5. The fourth-order valence-electron chi connectivity index (χ4n) is 3.42. The average molecular weight is 287 g/mol. The lowest BCUT2D eigenvalue weighted by Crippen LogP contribution is -2.57. The largest absolute Gasteiger partial charge is 0.378 e. The fourth-order valence-corrected chi connectivity index (χ4v) is 3.42. The van der Waals surface area contributed by atoms with Crippen LogP contribution < -0.4 is 10.6 Å². The monoisotopic (exact) mass is 287 g/mol. The van der Waals surface area contributed by atoms with Gasteiger partial charge in [-0.15, -0.1) is 0 Å². The molecule has 2 unspecified atom stereocenters. The van der Waals surface area contributed by atoms with Crippen LogP contribution in [0.1, 0.15) is 32.3 Å². The van der Waals surface area contributed by atoms with Crippen LogP contribution in [0, 0.1) is 12.8 Å². The van der Waals surface area contributed by atoms with Crippen molar-refractivity contribution in [3.8, 4) is 0 Å². The fraction of sp³-hybridized carbons (Fsp3) is 0.588. The van der Waals surface area contributed by atoms with Gasteiger partial charge in [0.2, 0.25) is 0 Å². The molecule has 21 heavy (non-hydrogen) atoms. The van der Waals surface area contributed by atoms with Gasteiger partial charge in [0.15, 0.2) is 5.96 Å². The molecule has 1 spiro atoms. The van der Waals surface area contributed by atoms with Gasteiger partial charge >= 0.3 is 0 Å². The molecule has 2 N–H and O–H groups in total. The van der Waals surface area contributed by atoms with Gasteiger partial charge in [0.1, 0.15) is 0 Å². The van der Waals surface area contributed by atoms with E-state index in [4.69, 9.17) is 10.5 Å². The molecular weight excluding hydrogens is 262 g/mol. The normalized spacial score (nSPS) is 29.2. The summed E-state index contributed by atoms with van der Waals surface area (Å²) < 4.78 is 5.95. The first-order valence-electron chi connectivity index (χ1n) is 7.80. The van der Waals surface area contributed by atoms with E-state index in [0.29, 0.717) is 11.9 Å². The van der Waals surface area contributed by atoms with Crippen molar-refractivity contribution in [2.75, 3.05) is 18.1 Å². The van der Waals surface area contributed by atoms with Crippen molar-refractivity contribution in [3.05, 3.63) is 29.8 Å². The van der Waals surface area contributed by atoms with Gasteiger partial charge in [-0.05, 0) is 37.8 Å². The summed E-state index contributed by atoms with van der Waals surface area (Å²) in [5.74, 6) is 1.16. The Morgan fingerprint density at radius 2 is 2.05 bits per heavy atom. The smallest absolute Gasteiger partial charge is 0.196 e. The quantitative estimate of drug-likeness (QED) is 0.910. The second-order valence-corrected chi connectivity index (χ2v) is 6.68. The van der Waals surface area contributed by atoms with Gasteiger partial charge in [0.25, 0.3) is 0 Å². The summed E-state index contributed by atoms with van der Waals surface area (Å²) in [5.41, 5.74) is 8.61. The number of ether oxygens (including phenoxy) is 1. The SMILES string of the molecule is Cc1ccc(N2C(N)=NCC23CCOC(C(C)C)C3)cc1.